The molecule has 2 nitrogen and oxygen atoms in total. The fraction of sp³-hybridized carbons (Fsp3) is 0.375. The predicted molar refractivity (Wildman–Crippen MR) is 78.1 cm³/mol. The van der Waals surface area contributed by atoms with Crippen molar-refractivity contribution in [1.29, 1.82) is 0 Å². The van der Waals surface area contributed by atoms with Crippen LogP contribution in [0.2, 0.25) is 0 Å². The highest BCUT2D eigenvalue weighted by molar-refractivity contribution is 5.52. The Hall–Kier alpha value is -1.70. The van der Waals surface area contributed by atoms with Crippen molar-refractivity contribution < 1.29 is 0 Å². The molecule has 1 N–H and O–H groups in total. The minimum Gasteiger partial charge on any atom is -0.381 e. The summed E-state index contributed by atoms with van der Waals surface area (Å²) in [5, 5.41) is 3.52. The molecule has 2 heteroatoms. The van der Waals surface area contributed by atoms with Gasteiger partial charge in [0, 0.05) is 30.7 Å². The van der Waals surface area contributed by atoms with E-state index in [1.165, 1.54) is 33.8 Å². The van der Waals surface area contributed by atoms with Gasteiger partial charge in [0.25, 0.3) is 0 Å². The van der Waals surface area contributed by atoms with Gasteiger partial charge < -0.3 is 9.88 Å². The van der Waals surface area contributed by atoms with Crippen LogP contribution in [0.15, 0.2) is 24.3 Å². The summed E-state index contributed by atoms with van der Waals surface area (Å²) < 4.78 is 2.24. The number of benzene rings is 1. The van der Waals surface area contributed by atoms with E-state index in [-0.39, 0.29) is 0 Å². The smallest absolute Gasteiger partial charge is 0.0418 e. The van der Waals surface area contributed by atoms with E-state index < -0.39 is 0 Å². The lowest BCUT2D eigenvalue weighted by atomic mass is 10.1. The fourth-order valence-electron chi connectivity index (χ4n) is 2.31. The number of hydrogen-bond acceptors (Lipinski definition) is 1. The van der Waals surface area contributed by atoms with Gasteiger partial charge in [-0.15, -0.1) is 0 Å². The molecule has 1 aromatic carbocycles. The molecule has 2 aromatic rings. The summed E-state index contributed by atoms with van der Waals surface area (Å²) in [5.74, 6) is 0. The molecule has 0 aliphatic carbocycles. The van der Waals surface area contributed by atoms with E-state index in [0.29, 0.717) is 0 Å². The highest BCUT2D eigenvalue weighted by Gasteiger charge is 2.06. The first-order valence-electron chi connectivity index (χ1n) is 6.42. The van der Waals surface area contributed by atoms with Crippen LogP contribution in [-0.4, -0.2) is 4.57 Å². The predicted octanol–water partition coefficient (Wildman–Crippen LogP) is 3.87. The summed E-state index contributed by atoms with van der Waals surface area (Å²) in [5.41, 5.74) is 7.86. The standard InChI is InChI=1S/C16H22N2/c1-11-6-7-16(12(2)8-11)17-10-15-9-13(3)18(5)14(15)4/h6-9,17H,10H2,1-5H3. The highest BCUT2D eigenvalue weighted by atomic mass is 15.0. The van der Waals surface area contributed by atoms with Crippen molar-refractivity contribution in [3.63, 3.8) is 0 Å². The Kier molecular flexibility index (Phi) is 3.46. The summed E-state index contributed by atoms with van der Waals surface area (Å²) in [6.07, 6.45) is 0. The SMILES string of the molecule is Cc1ccc(NCc2cc(C)n(C)c2C)c(C)c1. The normalized spacial score (nSPS) is 10.7. The molecule has 96 valence electrons. The van der Waals surface area contributed by atoms with Crippen LogP contribution in [0.5, 0.6) is 0 Å². The van der Waals surface area contributed by atoms with Gasteiger partial charge in [0.2, 0.25) is 0 Å². The van der Waals surface area contributed by atoms with Gasteiger partial charge in [0.15, 0.2) is 0 Å². The second-order valence-electron chi connectivity index (χ2n) is 5.13. The molecule has 0 unspecified atom stereocenters. The topological polar surface area (TPSA) is 17.0 Å². The Balaban J connectivity index is 2.14. The first kappa shape index (κ1) is 12.7. The quantitative estimate of drug-likeness (QED) is 0.864. The molecule has 0 amide bonds. The minimum absolute atomic E-state index is 0.886. The molecule has 0 fully saturated rings. The number of aromatic nitrogens is 1. The molecule has 0 bridgehead atoms. The van der Waals surface area contributed by atoms with Crippen LogP contribution in [-0.2, 0) is 13.6 Å². The van der Waals surface area contributed by atoms with E-state index in [9.17, 15) is 0 Å². The molecule has 0 saturated carbocycles. The zero-order valence-corrected chi connectivity index (χ0v) is 12.0. The van der Waals surface area contributed by atoms with Crippen molar-refractivity contribution in [1.82, 2.24) is 4.57 Å². The molecule has 1 heterocycles. The van der Waals surface area contributed by atoms with Gasteiger partial charge >= 0.3 is 0 Å². The Bertz CT molecular complexity index is 565. The average Bonchev–Trinajstić information content (AvgIpc) is 2.56. The second-order valence-corrected chi connectivity index (χ2v) is 5.13. The maximum atomic E-state index is 3.52. The molecule has 2 rings (SSSR count). The monoisotopic (exact) mass is 242 g/mol. The van der Waals surface area contributed by atoms with Crippen molar-refractivity contribution in [2.24, 2.45) is 7.05 Å². The lowest BCUT2D eigenvalue weighted by Crippen LogP contribution is -2.02. The van der Waals surface area contributed by atoms with Gasteiger partial charge in [-0.2, -0.15) is 0 Å². The van der Waals surface area contributed by atoms with Crippen molar-refractivity contribution in [3.05, 3.63) is 52.3 Å². The van der Waals surface area contributed by atoms with Crippen LogP contribution in [0.3, 0.4) is 0 Å². The molecule has 1 aromatic heterocycles. The van der Waals surface area contributed by atoms with Crippen molar-refractivity contribution in [3.8, 4) is 0 Å². The summed E-state index contributed by atoms with van der Waals surface area (Å²) in [4.78, 5) is 0. The minimum atomic E-state index is 0.886. The number of anilines is 1. The third-order valence-corrected chi connectivity index (χ3v) is 3.73. The van der Waals surface area contributed by atoms with Crippen molar-refractivity contribution in [2.75, 3.05) is 5.32 Å². The lowest BCUT2D eigenvalue weighted by molar-refractivity contribution is 0.837. The van der Waals surface area contributed by atoms with E-state index in [4.69, 9.17) is 0 Å². The zero-order valence-electron chi connectivity index (χ0n) is 12.0. The molecule has 0 aliphatic heterocycles. The second kappa shape index (κ2) is 4.89. The molecule has 0 radical (unpaired) electrons. The summed E-state index contributed by atoms with van der Waals surface area (Å²) in [6.45, 7) is 9.48. The molecular weight excluding hydrogens is 220 g/mol. The van der Waals surface area contributed by atoms with Crippen LogP contribution >= 0.6 is 0 Å². The highest BCUT2D eigenvalue weighted by Crippen LogP contribution is 2.19. The number of rotatable bonds is 3. The molecule has 0 atom stereocenters. The summed E-state index contributed by atoms with van der Waals surface area (Å²) >= 11 is 0. The molecule has 0 aliphatic rings. The van der Waals surface area contributed by atoms with E-state index in [2.05, 4.69) is 68.9 Å². The Morgan fingerprint density at radius 1 is 1.06 bits per heavy atom. The molecule has 0 spiro atoms. The van der Waals surface area contributed by atoms with Gasteiger partial charge in [0.05, 0.1) is 0 Å². The van der Waals surface area contributed by atoms with Gasteiger partial charge in [-0.1, -0.05) is 17.7 Å². The Labute approximate surface area is 110 Å². The van der Waals surface area contributed by atoms with Crippen molar-refractivity contribution in [2.45, 2.75) is 34.2 Å². The third kappa shape index (κ3) is 2.42. The number of hydrogen-bond donors (Lipinski definition) is 1. The maximum absolute atomic E-state index is 3.52. The van der Waals surface area contributed by atoms with Crippen molar-refractivity contribution >= 4 is 5.69 Å². The van der Waals surface area contributed by atoms with Crippen LogP contribution in [0, 0.1) is 27.7 Å². The average molecular weight is 242 g/mol. The van der Waals surface area contributed by atoms with E-state index in [1.807, 2.05) is 0 Å². The van der Waals surface area contributed by atoms with Gasteiger partial charge in [-0.25, -0.2) is 0 Å². The third-order valence-electron chi connectivity index (χ3n) is 3.73. The number of nitrogens with zero attached hydrogens (tertiary/aromatic N) is 1. The fourth-order valence-corrected chi connectivity index (χ4v) is 2.31. The Morgan fingerprint density at radius 3 is 2.33 bits per heavy atom. The first-order valence-corrected chi connectivity index (χ1v) is 6.42. The number of nitrogens with one attached hydrogen (secondary N) is 1. The molecular formula is C16H22N2. The maximum Gasteiger partial charge on any atom is 0.0418 e. The van der Waals surface area contributed by atoms with E-state index in [0.717, 1.165) is 6.54 Å². The van der Waals surface area contributed by atoms with Gasteiger partial charge in [0.1, 0.15) is 0 Å². The summed E-state index contributed by atoms with van der Waals surface area (Å²) in [7, 11) is 2.12. The first-order chi connectivity index (χ1) is 8.49. The van der Waals surface area contributed by atoms with Crippen LogP contribution in [0.1, 0.15) is 28.1 Å². The largest absolute Gasteiger partial charge is 0.381 e. The van der Waals surface area contributed by atoms with E-state index >= 15 is 0 Å². The molecule has 18 heavy (non-hydrogen) atoms. The van der Waals surface area contributed by atoms with Crippen LogP contribution in [0.25, 0.3) is 0 Å². The molecule has 0 saturated heterocycles. The van der Waals surface area contributed by atoms with Crippen LogP contribution in [0.4, 0.5) is 5.69 Å². The number of aryl methyl sites for hydroxylation is 3. The Morgan fingerprint density at radius 2 is 1.78 bits per heavy atom. The summed E-state index contributed by atoms with van der Waals surface area (Å²) in [6, 6.07) is 8.78. The van der Waals surface area contributed by atoms with Gasteiger partial charge in [-0.05, 0) is 51.0 Å². The van der Waals surface area contributed by atoms with Crippen LogP contribution < -0.4 is 5.32 Å². The van der Waals surface area contributed by atoms with E-state index in [1.54, 1.807) is 0 Å². The lowest BCUT2D eigenvalue weighted by Gasteiger charge is -2.10. The zero-order chi connectivity index (χ0) is 13.3. The van der Waals surface area contributed by atoms with Gasteiger partial charge in [-0.3, -0.25) is 0 Å².